The van der Waals surface area contributed by atoms with Crippen LogP contribution in [0.2, 0.25) is 0 Å². The minimum absolute atomic E-state index is 0.0265. The summed E-state index contributed by atoms with van der Waals surface area (Å²) < 4.78 is 87.3. The molecule has 125 heavy (non-hydrogen) atoms. The molecule has 1 aromatic heterocycles. The number of nitrogens with two attached hydrogens (primary N) is 1. The number of aromatic nitrogens is 1. The predicted molar refractivity (Wildman–Crippen MR) is 494 cm³/mol. The highest BCUT2D eigenvalue weighted by atomic mass is 35.5. The average molecular weight is 1860 g/mol. The van der Waals surface area contributed by atoms with Gasteiger partial charge in [0.05, 0.1) is 61.6 Å². The smallest absolute Gasteiger partial charge is 0.310 e. The highest BCUT2D eigenvalue weighted by Gasteiger charge is 2.43. The van der Waals surface area contributed by atoms with Gasteiger partial charge in [-0.2, -0.15) is 8.42 Å². The number of aromatic hydroxyl groups is 1. The number of ether oxygens (including phenoxy) is 6. The number of ketones is 1. The van der Waals surface area contributed by atoms with Crippen molar-refractivity contribution < 1.29 is 98.4 Å². The van der Waals surface area contributed by atoms with Crippen LogP contribution in [0.1, 0.15) is 270 Å². The van der Waals surface area contributed by atoms with Crippen molar-refractivity contribution in [3.05, 3.63) is 103 Å². The number of carbonyl (C=O) groups is 8. The van der Waals surface area contributed by atoms with E-state index >= 15 is 0 Å². The number of esters is 6. The number of aliphatic hydroxyl groups is 1. The second-order valence-corrected chi connectivity index (χ2v) is 39.2. The number of azide groups is 1. The number of fused-ring (bicyclic) bond motifs is 2. The number of hydrogen-bond donors (Lipinski definition) is 5. The SMILES string of the molecule is CC(C)N1C[C@@H](C)CN2C(=O)c3c(O)c(=O)c(C(=O)CCc4ccc(F)cc4F)cn3CC21.CC(C)NC[C@@H](C)CCC(=O)OC(C)(C)C.CC(C)NC[C@@H](C)CN.CCP.COC(=O)[C@@H](C)CCC(=O)OC(C)(C)C.COC(=O)[C@@H](C)CO.C[C@@H](CCC(=O)OC(C)(C)C)CN=[N+]=[N-].Cc1ccc(S(=O)(=O)OC[C@@H](C)CCC(=O)OC(C)(C)C)cc1.ClCCl. The number of benzene rings is 2. The van der Waals surface area contributed by atoms with Gasteiger partial charge in [-0.15, -0.1) is 32.4 Å². The van der Waals surface area contributed by atoms with E-state index < -0.39 is 61.4 Å². The molecule has 0 spiro atoms. The average Bonchev–Trinajstić information content (AvgIpc) is 0.741. The lowest BCUT2D eigenvalue weighted by Crippen LogP contribution is -2.64. The molecule has 720 valence electrons. The van der Waals surface area contributed by atoms with Crippen LogP contribution in [0.3, 0.4) is 0 Å². The molecule has 6 N–H and O–H groups in total. The highest BCUT2D eigenvalue weighted by molar-refractivity contribution is 7.86. The topological polar surface area (TPSA) is 403 Å². The summed E-state index contributed by atoms with van der Waals surface area (Å²) in [4.78, 5) is 113. The third-order valence-electron chi connectivity index (χ3n) is 17.3. The Morgan fingerprint density at radius 2 is 1.08 bits per heavy atom. The van der Waals surface area contributed by atoms with Crippen molar-refractivity contribution >= 4 is 90.1 Å². The maximum Gasteiger partial charge on any atom is 0.310 e. The van der Waals surface area contributed by atoms with Crippen LogP contribution in [0.5, 0.6) is 5.75 Å². The van der Waals surface area contributed by atoms with Crippen molar-refractivity contribution in [1.29, 1.82) is 0 Å². The van der Waals surface area contributed by atoms with E-state index in [0.29, 0.717) is 75.7 Å². The number of pyridine rings is 1. The molecular weight excluding hydrogens is 1700 g/mol. The molecule has 5 rings (SSSR count). The fraction of sp³-hybridized carbons (Fsp3) is 0.722. The van der Waals surface area contributed by atoms with Crippen LogP contribution in [0.4, 0.5) is 8.78 Å². The summed E-state index contributed by atoms with van der Waals surface area (Å²) in [6, 6.07) is 10.9. The number of hydrogen-bond acceptors (Lipinski definition) is 25. The van der Waals surface area contributed by atoms with Gasteiger partial charge in [0.1, 0.15) is 40.2 Å². The maximum absolute atomic E-state index is 13.9. The summed E-state index contributed by atoms with van der Waals surface area (Å²) in [5.74, 6) is -3.92. The number of aliphatic hydroxyl groups excluding tert-OH is 1. The number of rotatable bonds is 33. The van der Waals surface area contributed by atoms with Crippen LogP contribution >= 0.6 is 32.4 Å². The van der Waals surface area contributed by atoms with E-state index in [2.05, 4.69) is 92.7 Å². The predicted octanol–water partition coefficient (Wildman–Crippen LogP) is 16.6. The third kappa shape index (κ3) is 61.2. The van der Waals surface area contributed by atoms with E-state index in [9.17, 15) is 65.5 Å². The number of nitrogens with zero attached hydrogens (tertiary/aromatic N) is 6. The molecule has 3 heterocycles. The summed E-state index contributed by atoms with van der Waals surface area (Å²) in [5, 5.41) is 29.3. The van der Waals surface area contributed by atoms with Gasteiger partial charge < -0.3 is 64.5 Å². The van der Waals surface area contributed by atoms with E-state index in [-0.39, 0.29) is 149 Å². The van der Waals surface area contributed by atoms with E-state index in [1.807, 2.05) is 125 Å². The molecular formula is C90H156Cl2F2N9O20PS. The van der Waals surface area contributed by atoms with Crippen molar-refractivity contribution in [3.8, 4) is 5.75 Å². The van der Waals surface area contributed by atoms with Gasteiger partial charge in [0.25, 0.3) is 16.0 Å². The normalized spacial score (nSPS) is 15.0. The quantitative estimate of drug-likeness (QED) is 0.00435. The van der Waals surface area contributed by atoms with Gasteiger partial charge in [-0.1, -0.05) is 105 Å². The van der Waals surface area contributed by atoms with E-state index in [4.69, 9.17) is 62.7 Å². The van der Waals surface area contributed by atoms with Crippen molar-refractivity contribution in [2.24, 2.45) is 52.3 Å². The maximum atomic E-state index is 13.9. The molecule has 9 atom stereocenters. The Balaban J connectivity index is -0.000000708. The molecule has 2 aliphatic heterocycles. The first-order valence-corrected chi connectivity index (χ1v) is 46.0. The molecule has 1 fully saturated rings. The number of alkyl halides is 2. The molecule has 29 nitrogen and oxygen atoms in total. The zero-order valence-electron chi connectivity index (χ0n) is 80.3. The van der Waals surface area contributed by atoms with Crippen LogP contribution in [0.25, 0.3) is 10.4 Å². The number of carbonyl (C=O) groups excluding carboxylic acids is 8. The Morgan fingerprint density at radius 1 is 0.656 bits per heavy atom. The summed E-state index contributed by atoms with van der Waals surface area (Å²) in [6.07, 6.45) is 5.93. The minimum atomic E-state index is -3.76. The van der Waals surface area contributed by atoms with Gasteiger partial charge in [-0.05, 0) is 228 Å². The van der Waals surface area contributed by atoms with Gasteiger partial charge in [-0.3, -0.25) is 52.2 Å². The number of amides is 1. The molecule has 35 heteroatoms. The lowest BCUT2D eigenvalue weighted by Gasteiger charge is -2.50. The summed E-state index contributed by atoms with van der Waals surface area (Å²) in [5.41, 5.74) is 11.6. The fourth-order valence-electron chi connectivity index (χ4n) is 10.8. The summed E-state index contributed by atoms with van der Waals surface area (Å²) >= 11 is 9.53. The van der Waals surface area contributed by atoms with Crippen LogP contribution in [-0.4, -0.2) is 205 Å². The Bertz CT molecular complexity index is 3870. The van der Waals surface area contributed by atoms with Crippen LogP contribution in [0.15, 0.2) is 63.5 Å². The largest absolute Gasteiger partial charge is 0.503 e. The first-order valence-electron chi connectivity index (χ1n) is 42.7. The summed E-state index contributed by atoms with van der Waals surface area (Å²) in [7, 11) is 1.46. The second kappa shape index (κ2) is 64.7. The molecule has 2 aromatic carbocycles. The molecule has 2 aliphatic rings. The molecule has 0 aliphatic carbocycles. The van der Waals surface area contributed by atoms with Crippen LogP contribution < -0.4 is 21.8 Å². The van der Waals surface area contributed by atoms with Crippen LogP contribution in [0, 0.1) is 60.0 Å². The molecule has 0 saturated carbocycles. The zero-order chi connectivity index (χ0) is 97.7. The first kappa shape index (κ1) is 124. The molecule has 0 bridgehead atoms. The fourth-order valence-corrected chi connectivity index (χ4v) is 11.8. The number of halogens is 4. The molecule has 3 aromatic rings. The van der Waals surface area contributed by atoms with E-state index in [0.717, 1.165) is 50.3 Å². The van der Waals surface area contributed by atoms with Gasteiger partial charge in [0.15, 0.2) is 17.2 Å². The monoisotopic (exact) mass is 1850 g/mol. The zero-order valence-corrected chi connectivity index (χ0v) is 83.8. The molecule has 0 radical (unpaired) electrons. The van der Waals surface area contributed by atoms with Crippen molar-refractivity contribution in [2.75, 3.05) is 78.2 Å². The molecule has 2 unspecified atom stereocenters. The van der Waals surface area contributed by atoms with Crippen molar-refractivity contribution in [2.45, 2.75) is 309 Å². The second-order valence-electron chi connectivity index (χ2n) is 36.0. The lowest BCUT2D eigenvalue weighted by atomic mass is 9.99. The Kier molecular flexibility index (Phi) is 64.4. The minimum Gasteiger partial charge on any atom is -0.503 e. The summed E-state index contributed by atoms with van der Waals surface area (Å²) in [6.45, 7) is 56.9. The van der Waals surface area contributed by atoms with Crippen LogP contribution in [-0.2, 0) is 84.5 Å². The van der Waals surface area contributed by atoms with Gasteiger partial charge in [0, 0.05) is 87.0 Å². The number of methoxy groups -OCH3 is 2. The Hall–Kier alpha value is -6.96. The third-order valence-corrected chi connectivity index (χ3v) is 18.6. The van der Waals surface area contributed by atoms with E-state index in [1.54, 1.807) is 30.9 Å². The number of nitrogens with one attached hydrogen (secondary N) is 2. The van der Waals surface area contributed by atoms with Crippen molar-refractivity contribution in [3.63, 3.8) is 0 Å². The number of aryl methyl sites for hydroxylation is 2. The Labute approximate surface area is 758 Å². The van der Waals surface area contributed by atoms with E-state index in [1.165, 1.54) is 49.3 Å². The van der Waals surface area contributed by atoms with Crippen molar-refractivity contribution in [1.82, 2.24) is 25.0 Å². The Morgan fingerprint density at radius 3 is 1.47 bits per heavy atom. The van der Waals surface area contributed by atoms with Gasteiger partial charge >= 0.3 is 35.8 Å². The molecule has 1 amide bonds. The lowest BCUT2D eigenvalue weighted by molar-refractivity contribution is -0.157. The standard InChI is InChI=1S/C24H27F2N3O4.C17H26O5S.C13H27NO2.C11H20O4.C10H19N3O2.C7H18N2.C5H10O3.C2H7P.CH2Cl2/c1-13(2)28-9-14(3)10-29-20(28)12-27-11-17(22(31)23(32)21(27)24(29)33)19(30)7-5-15-4-6-16(25)8-18(15)26;1-13-6-9-15(10-7-13)23(19,20)21-12-14(2)8-11-16(18)22-17(3,4)5;1-10(2)14-9-11(3)7-8-12(15)16-13(4,5)6;1-8(10(13)14-5)6-7-9(12)15-11(2,3)4;1-8(7-12-13-11)5-6-9(14)15-10(2,3)4;1-6(2)9-5-7(3)4-8;1-4(3-6)5(7)8-2;1-2-3;2-1-3/h4,6,8,11,13-14,20,32H,5,7,9-10,12H2,1-3H3;6-7,9-10,14H,8,11-12H2,1-5H3;10-11,14H,7-9H2,1-6H3;8H,6-7H2,1-5H3;8H,5-7H2,1-4H3;6-7,9H,4-5,8H2,1-3H3;4,6H,3H2,1-2H3;2-3H2,1H3;1H2/t14-,20?;14-;11-;2*8-;7-;4-;;/m1000000../s1. The number of Topliss-reactive ketones (excluding diaryl/α,β-unsaturated/α-hetero) is 1. The first-order chi connectivity index (χ1) is 57.6. The van der Waals surface area contributed by atoms with Gasteiger partial charge in [-0.25, -0.2) is 8.78 Å². The highest BCUT2D eigenvalue weighted by Crippen LogP contribution is 2.31. The molecule has 1 saturated heterocycles. The van der Waals surface area contributed by atoms with Gasteiger partial charge in [0.2, 0.25) is 5.43 Å².